The summed E-state index contributed by atoms with van der Waals surface area (Å²) >= 11 is 0. The molecule has 112 valence electrons. The molecule has 9 heteroatoms. The third-order valence-corrected chi connectivity index (χ3v) is 5.25. The molecule has 2 fully saturated rings. The Morgan fingerprint density at radius 3 is 2.47 bits per heavy atom. The van der Waals surface area contributed by atoms with E-state index in [9.17, 15) is 21.6 Å². The summed E-state index contributed by atoms with van der Waals surface area (Å²) in [6.45, 7) is 0.280. The van der Waals surface area contributed by atoms with E-state index >= 15 is 0 Å². The molecule has 2 aliphatic rings. The van der Waals surface area contributed by atoms with Gasteiger partial charge in [0.25, 0.3) is 10.2 Å². The fourth-order valence-electron chi connectivity index (χ4n) is 2.14. The van der Waals surface area contributed by atoms with E-state index in [-0.39, 0.29) is 13.1 Å². The van der Waals surface area contributed by atoms with Crippen LogP contribution in [-0.4, -0.2) is 62.0 Å². The van der Waals surface area contributed by atoms with Gasteiger partial charge in [0.15, 0.2) is 0 Å². The standard InChI is InChI=1S/C10H18F3N3O2S/c11-10(12,13)8-16(9-2-3-9)19(17,18)15-6-1-4-14-5-7-15/h9,14H,1-8H2. The van der Waals surface area contributed by atoms with Gasteiger partial charge < -0.3 is 5.32 Å². The Morgan fingerprint density at radius 2 is 1.89 bits per heavy atom. The summed E-state index contributed by atoms with van der Waals surface area (Å²) in [5, 5.41) is 3.03. The normalized spacial score (nSPS) is 23.6. The van der Waals surface area contributed by atoms with E-state index in [4.69, 9.17) is 0 Å². The number of rotatable bonds is 4. The summed E-state index contributed by atoms with van der Waals surface area (Å²) in [4.78, 5) is 0. The maximum atomic E-state index is 12.5. The van der Waals surface area contributed by atoms with Gasteiger partial charge >= 0.3 is 6.18 Å². The van der Waals surface area contributed by atoms with E-state index in [0.717, 1.165) is 4.31 Å². The Labute approximate surface area is 110 Å². The number of nitrogens with one attached hydrogen (secondary N) is 1. The van der Waals surface area contributed by atoms with Crippen molar-refractivity contribution < 1.29 is 21.6 Å². The van der Waals surface area contributed by atoms with E-state index in [0.29, 0.717) is 36.7 Å². The zero-order chi connectivity index (χ0) is 14.1. The number of alkyl halides is 3. The summed E-state index contributed by atoms with van der Waals surface area (Å²) in [5.74, 6) is 0. The van der Waals surface area contributed by atoms with Crippen LogP contribution in [0.25, 0.3) is 0 Å². The van der Waals surface area contributed by atoms with Crippen LogP contribution in [-0.2, 0) is 10.2 Å². The zero-order valence-electron chi connectivity index (χ0n) is 10.5. The number of halogens is 3. The van der Waals surface area contributed by atoms with E-state index in [1.165, 1.54) is 0 Å². The van der Waals surface area contributed by atoms with Gasteiger partial charge in [-0.15, -0.1) is 0 Å². The number of hydrogen-bond acceptors (Lipinski definition) is 3. The average molecular weight is 301 g/mol. The minimum absolute atomic E-state index is 0.226. The monoisotopic (exact) mass is 301 g/mol. The Hall–Kier alpha value is -0.380. The van der Waals surface area contributed by atoms with Gasteiger partial charge in [-0.05, 0) is 25.8 Å². The fraction of sp³-hybridized carbons (Fsp3) is 1.00. The largest absolute Gasteiger partial charge is 0.402 e. The van der Waals surface area contributed by atoms with Crippen molar-refractivity contribution in [3.05, 3.63) is 0 Å². The van der Waals surface area contributed by atoms with Gasteiger partial charge in [0, 0.05) is 25.7 Å². The molecule has 1 saturated heterocycles. The molecule has 0 unspecified atom stereocenters. The van der Waals surface area contributed by atoms with E-state index in [1.54, 1.807) is 0 Å². The van der Waals surface area contributed by atoms with Crippen LogP contribution in [0.15, 0.2) is 0 Å². The molecule has 1 aliphatic carbocycles. The average Bonchev–Trinajstić information content (AvgIpc) is 3.11. The first-order chi connectivity index (χ1) is 8.81. The molecule has 1 aliphatic heterocycles. The lowest BCUT2D eigenvalue weighted by molar-refractivity contribution is -0.137. The Bertz CT molecular complexity index is 401. The Kier molecular flexibility index (Phi) is 4.38. The molecule has 0 aromatic carbocycles. The molecule has 1 saturated carbocycles. The highest BCUT2D eigenvalue weighted by Crippen LogP contribution is 2.33. The minimum atomic E-state index is -4.50. The minimum Gasteiger partial charge on any atom is -0.315 e. The molecule has 0 aromatic rings. The van der Waals surface area contributed by atoms with Crippen LogP contribution >= 0.6 is 0 Å². The first-order valence-electron chi connectivity index (χ1n) is 6.35. The number of hydrogen-bond donors (Lipinski definition) is 1. The highest BCUT2D eigenvalue weighted by molar-refractivity contribution is 7.86. The van der Waals surface area contributed by atoms with Crippen molar-refractivity contribution >= 4 is 10.2 Å². The third-order valence-electron chi connectivity index (χ3n) is 3.21. The van der Waals surface area contributed by atoms with Gasteiger partial charge in [-0.3, -0.25) is 0 Å². The molecule has 0 spiro atoms. The smallest absolute Gasteiger partial charge is 0.315 e. The van der Waals surface area contributed by atoms with Crippen LogP contribution in [0.2, 0.25) is 0 Å². The summed E-state index contributed by atoms with van der Waals surface area (Å²) in [5.41, 5.74) is 0. The quantitative estimate of drug-likeness (QED) is 0.825. The van der Waals surface area contributed by atoms with Crippen LogP contribution in [0.4, 0.5) is 13.2 Å². The van der Waals surface area contributed by atoms with E-state index in [1.807, 2.05) is 0 Å². The topological polar surface area (TPSA) is 52.7 Å². The second-order valence-corrected chi connectivity index (χ2v) is 6.78. The predicted molar refractivity (Wildman–Crippen MR) is 63.8 cm³/mol. The van der Waals surface area contributed by atoms with Gasteiger partial charge in [-0.2, -0.15) is 30.2 Å². The molecular formula is C10H18F3N3O2S. The molecule has 0 radical (unpaired) electrons. The van der Waals surface area contributed by atoms with E-state index < -0.39 is 29.0 Å². The lowest BCUT2D eigenvalue weighted by Crippen LogP contribution is -2.49. The molecule has 0 aromatic heterocycles. The second kappa shape index (κ2) is 5.55. The molecule has 0 amide bonds. The van der Waals surface area contributed by atoms with Gasteiger partial charge in [-0.25, -0.2) is 0 Å². The fourth-order valence-corrected chi connectivity index (χ4v) is 4.01. The molecule has 19 heavy (non-hydrogen) atoms. The van der Waals surface area contributed by atoms with Crippen molar-refractivity contribution in [1.29, 1.82) is 0 Å². The van der Waals surface area contributed by atoms with Crippen LogP contribution in [0, 0.1) is 0 Å². The van der Waals surface area contributed by atoms with Crippen molar-refractivity contribution in [2.45, 2.75) is 31.5 Å². The van der Waals surface area contributed by atoms with Crippen LogP contribution < -0.4 is 5.32 Å². The Balaban J connectivity index is 2.13. The molecule has 0 bridgehead atoms. The van der Waals surface area contributed by atoms with Gasteiger partial charge in [0.1, 0.15) is 6.54 Å². The molecule has 1 heterocycles. The van der Waals surface area contributed by atoms with Crippen LogP contribution in [0.1, 0.15) is 19.3 Å². The van der Waals surface area contributed by atoms with Gasteiger partial charge in [0.2, 0.25) is 0 Å². The van der Waals surface area contributed by atoms with Crippen molar-refractivity contribution in [1.82, 2.24) is 13.9 Å². The van der Waals surface area contributed by atoms with Crippen LogP contribution in [0.3, 0.4) is 0 Å². The molecule has 0 atom stereocenters. The predicted octanol–water partition coefficient (Wildman–Crippen LogP) is 0.553. The summed E-state index contributed by atoms with van der Waals surface area (Å²) < 4.78 is 64.0. The molecule has 2 rings (SSSR count). The van der Waals surface area contributed by atoms with Crippen molar-refractivity contribution in [2.75, 3.05) is 32.7 Å². The van der Waals surface area contributed by atoms with Crippen molar-refractivity contribution in [3.8, 4) is 0 Å². The van der Waals surface area contributed by atoms with E-state index in [2.05, 4.69) is 5.32 Å². The molecular weight excluding hydrogens is 283 g/mol. The summed E-state index contributed by atoms with van der Waals surface area (Å²) in [6, 6.07) is -0.483. The van der Waals surface area contributed by atoms with Gasteiger partial charge in [-0.1, -0.05) is 0 Å². The first kappa shape index (κ1) is 15.0. The second-order valence-electron chi connectivity index (χ2n) is 4.90. The highest BCUT2D eigenvalue weighted by Gasteiger charge is 2.46. The number of nitrogens with zero attached hydrogens (tertiary/aromatic N) is 2. The Morgan fingerprint density at radius 1 is 1.21 bits per heavy atom. The third kappa shape index (κ3) is 4.04. The summed E-state index contributed by atoms with van der Waals surface area (Å²) in [6.07, 6.45) is -2.85. The highest BCUT2D eigenvalue weighted by atomic mass is 32.2. The maximum Gasteiger partial charge on any atom is 0.402 e. The molecule has 1 N–H and O–H groups in total. The van der Waals surface area contributed by atoms with Crippen molar-refractivity contribution in [3.63, 3.8) is 0 Å². The van der Waals surface area contributed by atoms with Crippen molar-refractivity contribution in [2.24, 2.45) is 0 Å². The lowest BCUT2D eigenvalue weighted by atomic mass is 10.4. The van der Waals surface area contributed by atoms with Crippen LogP contribution in [0.5, 0.6) is 0 Å². The lowest BCUT2D eigenvalue weighted by Gasteiger charge is -2.29. The van der Waals surface area contributed by atoms with Gasteiger partial charge in [0.05, 0.1) is 0 Å². The maximum absolute atomic E-state index is 12.5. The zero-order valence-corrected chi connectivity index (χ0v) is 11.3. The first-order valence-corrected chi connectivity index (χ1v) is 7.75. The SMILES string of the molecule is O=S(=O)(N1CCCNCC1)N(CC(F)(F)F)C1CC1. The molecule has 5 nitrogen and oxygen atoms in total. The summed E-state index contributed by atoms with van der Waals surface area (Å²) in [7, 11) is -4.01.